The molecular formula is C24H22N4O6. The van der Waals surface area contributed by atoms with Crippen molar-refractivity contribution >= 4 is 24.2 Å². The maximum Gasteiger partial charge on any atom is 0.277 e. The first-order chi connectivity index (χ1) is 16.5. The monoisotopic (exact) mass is 462 g/mol. The lowest BCUT2D eigenvalue weighted by Gasteiger charge is -2.08. The van der Waals surface area contributed by atoms with Crippen molar-refractivity contribution in [1.82, 2.24) is 10.9 Å². The molecule has 0 saturated carbocycles. The van der Waals surface area contributed by atoms with E-state index >= 15 is 0 Å². The fourth-order valence-corrected chi connectivity index (χ4v) is 2.54. The van der Waals surface area contributed by atoms with Crippen LogP contribution in [0, 0.1) is 0 Å². The molecule has 3 aromatic carbocycles. The highest BCUT2D eigenvalue weighted by Gasteiger charge is 2.05. The van der Waals surface area contributed by atoms with Gasteiger partial charge in [0.05, 0.1) is 12.4 Å². The smallest absolute Gasteiger partial charge is 0.277 e. The predicted octanol–water partition coefficient (Wildman–Crippen LogP) is 2.16. The molecule has 0 aliphatic heterocycles. The van der Waals surface area contributed by atoms with Crippen molar-refractivity contribution in [3.63, 3.8) is 0 Å². The van der Waals surface area contributed by atoms with Gasteiger partial charge in [-0.05, 0) is 48.5 Å². The fourth-order valence-electron chi connectivity index (χ4n) is 2.54. The summed E-state index contributed by atoms with van der Waals surface area (Å²) in [6, 6.07) is 19.5. The maximum atomic E-state index is 11.8. The molecule has 0 unspecified atom stereocenters. The number of aromatic hydroxyl groups is 2. The zero-order valence-electron chi connectivity index (χ0n) is 17.9. The van der Waals surface area contributed by atoms with Gasteiger partial charge in [0.2, 0.25) is 0 Å². The van der Waals surface area contributed by atoms with Gasteiger partial charge in [-0.15, -0.1) is 0 Å². The lowest BCUT2D eigenvalue weighted by Crippen LogP contribution is -2.25. The van der Waals surface area contributed by atoms with Crippen LogP contribution in [0.3, 0.4) is 0 Å². The van der Waals surface area contributed by atoms with Gasteiger partial charge in [-0.1, -0.05) is 24.3 Å². The highest BCUT2D eigenvalue weighted by atomic mass is 16.5. The van der Waals surface area contributed by atoms with Crippen LogP contribution in [0.2, 0.25) is 0 Å². The van der Waals surface area contributed by atoms with Gasteiger partial charge in [0.1, 0.15) is 23.0 Å². The number of ether oxygens (including phenoxy) is 2. The third kappa shape index (κ3) is 7.68. The average Bonchev–Trinajstić information content (AvgIpc) is 2.84. The van der Waals surface area contributed by atoms with Gasteiger partial charge in [-0.3, -0.25) is 9.59 Å². The summed E-state index contributed by atoms with van der Waals surface area (Å²) in [4.78, 5) is 23.6. The first-order valence-corrected chi connectivity index (χ1v) is 10.1. The number of nitrogens with one attached hydrogen (secondary N) is 2. The molecule has 0 aliphatic rings. The summed E-state index contributed by atoms with van der Waals surface area (Å²) in [6.45, 7) is -0.536. The van der Waals surface area contributed by atoms with Gasteiger partial charge in [0, 0.05) is 11.1 Å². The second-order valence-electron chi connectivity index (χ2n) is 6.75. The number of carbonyl (C=O) groups is 2. The van der Waals surface area contributed by atoms with Crippen LogP contribution in [-0.4, -0.2) is 47.7 Å². The number of amides is 2. The van der Waals surface area contributed by atoms with E-state index in [2.05, 4.69) is 21.1 Å². The van der Waals surface area contributed by atoms with Gasteiger partial charge in [0.25, 0.3) is 11.8 Å². The minimum atomic E-state index is -0.479. The highest BCUT2D eigenvalue weighted by Crippen LogP contribution is 2.17. The van der Waals surface area contributed by atoms with E-state index < -0.39 is 11.8 Å². The minimum absolute atomic E-state index is 0.0525. The zero-order valence-corrected chi connectivity index (χ0v) is 17.9. The second-order valence-corrected chi connectivity index (χ2v) is 6.75. The number of nitrogens with zero attached hydrogens (tertiary/aromatic N) is 2. The Morgan fingerprint density at radius 3 is 1.44 bits per heavy atom. The molecule has 10 heteroatoms. The van der Waals surface area contributed by atoms with Crippen LogP contribution in [0.25, 0.3) is 0 Å². The zero-order chi connectivity index (χ0) is 24.2. The van der Waals surface area contributed by atoms with Crippen molar-refractivity contribution in [2.24, 2.45) is 10.2 Å². The lowest BCUT2D eigenvalue weighted by atomic mass is 10.2. The van der Waals surface area contributed by atoms with Crippen molar-refractivity contribution in [2.45, 2.75) is 0 Å². The van der Waals surface area contributed by atoms with E-state index in [1.807, 2.05) is 0 Å². The van der Waals surface area contributed by atoms with Crippen molar-refractivity contribution in [3.05, 3.63) is 83.9 Å². The number of para-hydroxylation sites is 2. The van der Waals surface area contributed by atoms with E-state index in [1.54, 1.807) is 60.7 Å². The molecule has 10 nitrogen and oxygen atoms in total. The molecule has 34 heavy (non-hydrogen) atoms. The number of rotatable bonds is 10. The van der Waals surface area contributed by atoms with Gasteiger partial charge >= 0.3 is 0 Å². The first-order valence-electron chi connectivity index (χ1n) is 10.1. The van der Waals surface area contributed by atoms with Crippen molar-refractivity contribution in [3.8, 4) is 23.0 Å². The minimum Gasteiger partial charge on any atom is -0.507 e. The van der Waals surface area contributed by atoms with Crippen LogP contribution < -0.4 is 20.3 Å². The van der Waals surface area contributed by atoms with Crippen LogP contribution in [0.4, 0.5) is 0 Å². The topological polar surface area (TPSA) is 142 Å². The van der Waals surface area contributed by atoms with Gasteiger partial charge in [-0.2, -0.15) is 10.2 Å². The Morgan fingerprint density at radius 1 is 0.676 bits per heavy atom. The van der Waals surface area contributed by atoms with E-state index in [0.717, 1.165) is 0 Å². The van der Waals surface area contributed by atoms with Crippen LogP contribution in [0.15, 0.2) is 83.0 Å². The Bertz CT molecular complexity index is 1090. The molecule has 0 bridgehead atoms. The van der Waals surface area contributed by atoms with E-state index in [9.17, 15) is 19.8 Å². The number of phenols is 2. The molecule has 4 N–H and O–H groups in total. The largest absolute Gasteiger partial charge is 0.507 e. The summed E-state index contributed by atoms with van der Waals surface area (Å²) >= 11 is 0. The van der Waals surface area contributed by atoms with Crippen molar-refractivity contribution in [1.29, 1.82) is 0 Å². The van der Waals surface area contributed by atoms with E-state index in [-0.39, 0.29) is 24.7 Å². The third-order valence-electron chi connectivity index (χ3n) is 4.22. The Kier molecular flexibility index (Phi) is 8.57. The Labute approximate surface area is 195 Å². The highest BCUT2D eigenvalue weighted by molar-refractivity contribution is 5.86. The van der Waals surface area contributed by atoms with Gasteiger partial charge in [-0.25, -0.2) is 10.9 Å². The summed E-state index contributed by atoms with van der Waals surface area (Å²) in [5.41, 5.74) is 5.54. The number of hydrazone groups is 2. The van der Waals surface area contributed by atoms with Crippen LogP contribution in [0.1, 0.15) is 11.1 Å². The Morgan fingerprint density at radius 2 is 1.06 bits per heavy atom. The molecule has 0 radical (unpaired) electrons. The van der Waals surface area contributed by atoms with Gasteiger partial charge in [0.15, 0.2) is 13.2 Å². The third-order valence-corrected chi connectivity index (χ3v) is 4.22. The Balaban J connectivity index is 1.36. The van der Waals surface area contributed by atoms with Crippen LogP contribution >= 0.6 is 0 Å². The molecule has 3 aromatic rings. The number of carbonyl (C=O) groups excluding carboxylic acids is 2. The van der Waals surface area contributed by atoms with Crippen LogP contribution in [-0.2, 0) is 9.59 Å². The number of hydrogen-bond acceptors (Lipinski definition) is 8. The van der Waals surface area contributed by atoms with Crippen molar-refractivity contribution in [2.75, 3.05) is 13.2 Å². The quantitative estimate of drug-likeness (QED) is 0.269. The Hall–Kier alpha value is -4.86. The molecular weight excluding hydrogens is 440 g/mol. The van der Waals surface area contributed by atoms with E-state index in [0.29, 0.717) is 22.6 Å². The molecule has 0 atom stereocenters. The second kappa shape index (κ2) is 12.2. The van der Waals surface area contributed by atoms with Crippen molar-refractivity contribution < 1.29 is 29.3 Å². The molecule has 174 valence electrons. The summed E-state index contributed by atoms with van der Waals surface area (Å²) in [7, 11) is 0. The number of phenolic OH excluding ortho intramolecular Hbond substituents is 2. The number of hydrogen-bond donors (Lipinski definition) is 4. The summed E-state index contributed by atoms with van der Waals surface area (Å²) in [5, 5.41) is 26.8. The molecule has 0 fully saturated rings. The first kappa shape index (κ1) is 23.8. The molecule has 0 spiro atoms. The van der Waals surface area contributed by atoms with E-state index in [1.165, 1.54) is 24.6 Å². The number of benzene rings is 3. The lowest BCUT2D eigenvalue weighted by molar-refractivity contribution is -0.123. The normalized spacial score (nSPS) is 10.8. The molecule has 0 aromatic heterocycles. The maximum absolute atomic E-state index is 11.8. The predicted molar refractivity (Wildman–Crippen MR) is 125 cm³/mol. The standard InChI is InChI=1S/C24H22N4O6/c29-21-7-3-1-5-17(21)13-25-27-23(31)15-33-19-9-11-20(12-10-19)34-16-24(32)28-26-14-18-6-2-4-8-22(18)30/h1-14,29-30H,15-16H2,(H,27,31)(H,28,32). The summed E-state index contributed by atoms with van der Waals surface area (Å²) in [5.74, 6) is -0.0117. The fraction of sp³-hybridized carbons (Fsp3) is 0.0833. The summed E-state index contributed by atoms with van der Waals surface area (Å²) < 4.78 is 10.7. The van der Waals surface area contributed by atoms with E-state index in [4.69, 9.17) is 9.47 Å². The molecule has 2 amide bonds. The molecule has 3 rings (SSSR count). The van der Waals surface area contributed by atoms with Crippen LogP contribution in [0.5, 0.6) is 23.0 Å². The molecule has 0 heterocycles. The van der Waals surface area contributed by atoms with Gasteiger partial charge < -0.3 is 19.7 Å². The summed E-state index contributed by atoms with van der Waals surface area (Å²) in [6.07, 6.45) is 2.65. The molecule has 0 aliphatic carbocycles. The molecule has 0 saturated heterocycles. The SMILES string of the molecule is O=C(COc1ccc(OCC(=O)NN=Cc2ccccc2O)cc1)NN=Cc1ccccc1O. The average molecular weight is 462 g/mol.